The maximum Gasteiger partial charge on any atom is 0.242 e. The lowest BCUT2D eigenvalue weighted by atomic mass is 9.91. The van der Waals surface area contributed by atoms with E-state index >= 15 is 0 Å². The minimum Gasteiger partial charge on any atom is -0.341 e. The number of nitrogens with two attached hydrogens (primary N) is 1. The highest BCUT2D eigenvalue weighted by molar-refractivity contribution is 5.86. The van der Waals surface area contributed by atoms with Gasteiger partial charge in [-0.25, -0.2) is 0 Å². The molecule has 3 nitrogen and oxygen atoms in total. The molecular formula is C21H30N2O. The Labute approximate surface area is 145 Å². The molecule has 3 heteroatoms. The Morgan fingerprint density at radius 3 is 2.33 bits per heavy atom. The Bertz CT molecular complexity index is 600. The summed E-state index contributed by atoms with van der Waals surface area (Å²) < 4.78 is 0. The molecule has 0 unspecified atom stereocenters. The number of hydrogen-bond acceptors (Lipinski definition) is 2. The Morgan fingerprint density at radius 1 is 1.17 bits per heavy atom. The zero-order valence-corrected chi connectivity index (χ0v) is 15.1. The molecule has 0 atom stereocenters. The summed E-state index contributed by atoms with van der Waals surface area (Å²) in [6, 6.07) is 6.43. The van der Waals surface area contributed by atoms with Gasteiger partial charge in [0.1, 0.15) is 0 Å². The third-order valence-electron chi connectivity index (χ3n) is 5.83. The van der Waals surface area contributed by atoms with Crippen molar-refractivity contribution in [3.05, 3.63) is 41.0 Å². The van der Waals surface area contributed by atoms with Crippen LogP contribution in [0.2, 0.25) is 0 Å². The van der Waals surface area contributed by atoms with Crippen LogP contribution in [0.5, 0.6) is 0 Å². The van der Waals surface area contributed by atoms with Gasteiger partial charge in [0, 0.05) is 13.1 Å². The summed E-state index contributed by atoms with van der Waals surface area (Å²) in [5.74, 6) is 0.752. The predicted octanol–water partition coefficient (Wildman–Crippen LogP) is 3.83. The van der Waals surface area contributed by atoms with E-state index < -0.39 is 5.54 Å². The van der Waals surface area contributed by atoms with Gasteiger partial charge in [0.2, 0.25) is 5.91 Å². The van der Waals surface area contributed by atoms with Gasteiger partial charge in [-0.3, -0.25) is 4.79 Å². The van der Waals surface area contributed by atoms with Crippen LogP contribution in [0.4, 0.5) is 0 Å². The topological polar surface area (TPSA) is 46.3 Å². The third kappa shape index (κ3) is 3.56. The molecular weight excluding hydrogens is 296 g/mol. The van der Waals surface area contributed by atoms with Crippen LogP contribution in [0.1, 0.15) is 55.2 Å². The molecule has 24 heavy (non-hydrogen) atoms. The molecule has 0 radical (unpaired) electrons. The standard InChI is InChI=1S/C21H30N2O/c1-16-6-5-7-17(2)19(16)9-8-18-10-14-23(15-11-18)20(24)21(22)12-3-4-13-21/h5-9,18H,3-4,10-15,22H2,1-2H3. The number of hydrogen-bond donors (Lipinski definition) is 1. The summed E-state index contributed by atoms with van der Waals surface area (Å²) in [4.78, 5) is 14.7. The molecule has 0 spiro atoms. The Kier molecular flexibility index (Phi) is 5.09. The molecule has 1 saturated carbocycles. The molecule has 2 aliphatic rings. The van der Waals surface area contributed by atoms with Crippen LogP contribution in [0.25, 0.3) is 6.08 Å². The van der Waals surface area contributed by atoms with Crippen molar-refractivity contribution in [3.8, 4) is 0 Å². The number of nitrogens with zero attached hydrogens (tertiary/aromatic N) is 1. The lowest BCUT2D eigenvalue weighted by Crippen LogP contribution is -2.55. The maximum atomic E-state index is 12.7. The van der Waals surface area contributed by atoms with E-state index in [9.17, 15) is 4.79 Å². The van der Waals surface area contributed by atoms with Crippen molar-refractivity contribution in [2.24, 2.45) is 11.7 Å². The second-order valence-corrected chi connectivity index (χ2v) is 7.66. The van der Waals surface area contributed by atoms with Gasteiger partial charge in [-0.2, -0.15) is 0 Å². The minimum absolute atomic E-state index is 0.192. The molecule has 0 bridgehead atoms. The zero-order valence-electron chi connectivity index (χ0n) is 15.1. The highest BCUT2D eigenvalue weighted by atomic mass is 16.2. The van der Waals surface area contributed by atoms with E-state index in [0.29, 0.717) is 5.92 Å². The molecule has 1 aliphatic carbocycles. The maximum absolute atomic E-state index is 12.7. The van der Waals surface area contributed by atoms with Crippen molar-refractivity contribution in [2.75, 3.05) is 13.1 Å². The first-order chi connectivity index (χ1) is 11.5. The highest BCUT2D eigenvalue weighted by Gasteiger charge is 2.40. The Hall–Kier alpha value is -1.61. The van der Waals surface area contributed by atoms with Crippen LogP contribution < -0.4 is 5.73 Å². The number of carbonyl (C=O) groups excluding carboxylic acids is 1. The summed E-state index contributed by atoms with van der Waals surface area (Å²) >= 11 is 0. The monoisotopic (exact) mass is 326 g/mol. The fourth-order valence-corrected chi connectivity index (χ4v) is 4.15. The lowest BCUT2D eigenvalue weighted by Gasteiger charge is -2.36. The van der Waals surface area contributed by atoms with Crippen molar-refractivity contribution in [1.29, 1.82) is 0 Å². The molecule has 130 valence electrons. The number of carbonyl (C=O) groups is 1. The number of rotatable bonds is 3. The van der Waals surface area contributed by atoms with Gasteiger partial charge in [0.05, 0.1) is 5.54 Å². The van der Waals surface area contributed by atoms with Crippen molar-refractivity contribution < 1.29 is 4.79 Å². The van der Waals surface area contributed by atoms with Crippen LogP contribution in [0.3, 0.4) is 0 Å². The minimum atomic E-state index is -0.569. The molecule has 1 aromatic carbocycles. The van der Waals surface area contributed by atoms with Gasteiger partial charge in [0.15, 0.2) is 0 Å². The molecule has 2 fully saturated rings. The van der Waals surface area contributed by atoms with E-state index in [1.54, 1.807) is 0 Å². The van der Waals surface area contributed by atoms with E-state index in [2.05, 4.69) is 44.2 Å². The van der Waals surface area contributed by atoms with Gasteiger partial charge in [-0.05, 0) is 62.1 Å². The van der Waals surface area contributed by atoms with Crippen LogP contribution in [0, 0.1) is 19.8 Å². The quantitative estimate of drug-likeness (QED) is 0.917. The van der Waals surface area contributed by atoms with Gasteiger partial charge in [0.25, 0.3) is 0 Å². The second kappa shape index (κ2) is 7.10. The zero-order chi connectivity index (χ0) is 17.2. The fraction of sp³-hybridized carbons (Fsp3) is 0.571. The summed E-state index contributed by atoms with van der Waals surface area (Å²) in [6.45, 7) is 6.02. The van der Waals surface area contributed by atoms with E-state index in [-0.39, 0.29) is 5.91 Å². The number of likely N-dealkylation sites (tertiary alicyclic amines) is 1. The highest BCUT2D eigenvalue weighted by Crippen LogP contribution is 2.31. The van der Waals surface area contributed by atoms with Crippen LogP contribution >= 0.6 is 0 Å². The van der Waals surface area contributed by atoms with E-state index in [1.807, 2.05) is 4.90 Å². The van der Waals surface area contributed by atoms with E-state index in [0.717, 1.165) is 51.6 Å². The van der Waals surface area contributed by atoms with Crippen LogP contribution in [-0.4, -0.2) is 29.4 Å². The first-order valence-electron chi connectivity index (χ1n) is 9.32. The number of benzene rings is 1. The normalized spacial score (nSPS) is 21.5. The molecule has 2 N–H and O–H groups in total. The van der Waals surface area contributed by atoms with Crippen LogP contribution in [-0.2, 0) is 4.79 Å². The number of piperidine rings is 1. The first kappa shape index (κ1) is 17.2. The summed E-state index contributed by atoms with van der Waals surface area (Å²) in [5.41, 5.74) is 9.75. The first-order valence-corrected chi connectivity index (χ1v) is 9.32. The summed E-state index contributed by atoms with van der Waals surface area (Å²) in [7, 11) is 0. The van der Waals surface area contributed by atoms with Gasteiger partial charge >= 0.3 is 0 Å². The summed E-state index contributed by atoms with van der Waals surface area (Å²) in [6.07, 6.45) is 10.6. The molecule has 1 aliphatic heterocycles. The molecule has 3 rings (SSSR count). The lowest BCUT2D eigenvalue weighted by molar-refractivity contribution is -0.138. The largest absolute Gasteiger partial charge is 0.341 e. The Balaban J connectivity index is 1.57. The predicted molar refractivity (Wildman–Crippen MR) is 99.6 cm³/mol. The molecule has 0 aromatic heterocycles. The molecule has 1 heterocycles. The average molecular weight is 326 g/mol. The van der Waals surface area contributed by atoms with Crippen molar-refractivity contribution >= 4 is 12.0 Å². The number of allylic oxidation sites excluding steroid dienone is 1. The third-order valence-corrected chi connectivity index (χ3v) is 5.83. The van der Waals surface area contributed by atoms with E-state index in [1.165, 1.54) is 16.7 Å². The van der Waals surface area contributed by atoms with Crippen molar-refractivity contribution in [1.82, 2.24) is 4.90 Å². The van der Waals surface area contributed by atoms with Crippen molar-refractivity contribution in [3.63, 3.8) is 0 Å². The molecule has 1 amide bonds. The van der Waals surface area contributed by atoms with Gasteiger partial charge in [-0.1, -0.05) is 43.2 Å². The molecule has 1 aromatic rings. The van der Waals surface area contributed by atoms with Gasteiger partial charge < -0.3 is 10.6 Å². The smallest absolute Gasteiger partial charge is 0.242 e. The SMILES string of the molecule is Cc1cccc(C)c1C=CC1CCN(C(=O)C2(N)CCCC2)CC1. The Morgan fingerprint density at radius 2 is 1.75 bits per heavy atom. The number of aryl methyl sites for hydroxylation is 2. The fourth-order valence-electron chi connectivity index (χ4n) is 4.15. The van der Waals surface area contributed by atoms with Crippen molar-refractivity contribution in [2.45, 2.75) is 57.9 Å². The van der Waals surface area contributed by atoms with Crippen LogP contribution in [0.15, 0.2) is 24.3 Å². The second-order valence-electron chi connectivity index (χ2n) is 7.66. The molecule has 1 saturated heterocycles. The summed E-state index contributed by atoms with van der Waals surface area (Å²) in [5, 5.41) is 0. The number of amides is 1. The van der Waals surface area contributed by atoms with Gasteiger partial charge in [-0.15, -0.1) is 0 Å². The van der Waals surface area contributed by atoms with E-state index in [4.69, 9.17) is 5.73 Å². The average Bonchev–Trinajstić information content (AvgIpc) is 3.02.